The van der Waals surface area contributed by atoms with Crippen LogP contribution in [-0.2, 0) is 6.42 Å². The van der Waals surface area contributed by atoms with E-state index in [2.05, 4.69) is 19.6 Å². The first kappa shape index (κ1) is 21.8. The largest absolute Gasteiger partial charge is 0.497 e. The number of ether oxygens (including phenoxy) is 2. The van der Waals surface area contributed by atoms with Gasteiger partial charge in [0.1, 0.15) is 23.1 Å². The van der Waals surface area contributed by atoms with E-state index in [1.54, 1.807) is 49.5 Å². The van der Waals surface area contributed by atoms with Gasteiger partial charge < -0.3 is 24.6 Å². The Bertz CT molecular complexity index is 1050. The smallest absolute Gasteiger partial charge is 0.321 e. The van der Waals surface area contributed by atoms with Crippen molar-refractivity contribution in [3.8, 4) is 11.5 Å². The maximum atomic E-state index is 13.1. The van der Waals surface area contributed by atoms with Crippen LogP contribution in [0.3, 0.4) is 0 Å². The molecular formula is C22H24FN5O3S. The van der Waals surface area contributed by atoms with Crippen LogP contribution >= 0.6 is 11.5 Å². The summed E-state index contributed by atoms with van der Waals surface area (Å²) in [5.74, 6) is 1.67. The van der Waals surface area contributed by atoms with Gasteiger partial charge in [-0.15, -0.1) is 0 Å². The summed E-state index contributed by atoms with van der Waals surface area (Å²) in [4.78, 5) is 21.2. The molecule has 1 saturated heterocycles. The second-order valence-corrected chi connectivity index (χ2v) is 8.03. The molecule has 10 heteroatoms. The number of nitrogens with zero attached hydrogens (tertiary/aromatic N) is 4. The van der Waals surface area contributed by atoms with Gasteiger partial charge >= 0.3 is 6.03 Å². The van der Waals surface area contributed by atoms with Crippen LogP contribution in [-0.4, -0.2) is 60.7 Å². The molecule has 0 bridgehead atoms. The Labute approximate surface area is 189 Å². The quantitative estimate of drug-likeness (QED) is 0.609. The minimum Gasteiger partial charge on any atom is -0.497 e. The molecule has 2 heterocycles. The standard InChI is InChI=1S/C22H24FN5O3S/c1-30-18-12-17(13-19(14-18)31-2)24-21(29)27-7-9-28(10-8-27)22-25-20(26-32-22)11-15-3-5-16(23)6-4-15/h3-6,12-14H,7-11H2,1-2H3,(H,24,29). The fourth-order valence-electron chi connectivity index (χ4n) is 3.41. The Morgan fingerprint density at radius 2 is 1.72 bits per heavy atom. The second kappa shape index (κ2) is 9.82. The van der Waals surface area contributed by atoms with Crippen molar-refractivity contribution in [2.75, 3.05) is 50.6 Å². The highest BCUT2D eigenvalue weighted by Crippen LogP contribution is 2.26. The molecule has 0 spiro atoms. The van der Waals surface area contributed by atoms with E-state index in [4.69, 9.17) is 9.47 Å². The van der Waals surface area contributed by atoms with Gasteiger partial charge in [-0.3, -0.25) is 0 Å². The van der Waals surface area contributed by atoms with Gasteiger partial charge in [0.25, 0.3) is 0 Å². The summed E-state index contributed by atoms with van der Waals surface area (Å²) < 4.78 is 28.0. The molecule has 0 unspecified atom stereocenters. The first-order valence-corrected chi connectivity index (χ1v) is 10.9. The van der Waals surface area contributed by atoms with E-state index >= 15 is 0 Å². The lowest BCUT2D eigenvalue weighted by Crippen LogP contribution is -2.50. The Balaban J connectivity index is 1.32. The van der Waals surface area contributed by atoms with E-state index < -0.39 is 0 Å². The maximum Gasteiger partial charge on any atom is 0.321 e. The number of benzene rings is 2. The highest BCUT2D eigenvalue weighted by Gasteiger charge is 2.23. The van der Waals surface area contributed by atoms with Crippen molar-refractivity contribution in [3.05, 3.63) is 59.7 Å². The van der Waals surface area contributed by atoms with Crippen molar-refractivity contribution < 1.29 is 18.7 Å². The number of aromatic nitrogens is 2. The zero-order valence-corrected chi connectivity index (χ0v) is 18.7. The molecule has 8 nitrogen and oxygen atoms in total. The summed E-state index contributed by atoms with van der Waals surface area (Å²) in [6.07, 6.45) is 0.559. The van der Waals surface area contributed by atoms with Crippen LogP contribution in [0.1, 0.15) is 11.4 Å². The van der Waals surface area contributed by atoms with E-state index in [1.165, 1.54) is 23.7 Å². The van der Waals surface area contributed by atoms with E-state index in [9.17, 15) is 9.18 Å². The molecule has 1 aliphatic heterocycles. The molecule has 4 rings (SSSR count). The lowest BCUT2D eigenvalue weighted by molar-refractivity contribution is 0.208. The van der Waals surface area contributed by atoms with Gasteiger partial charge in [0.05, 0.1) is 14.2 Å². The number of carbonyl (C=O) groups excluding carboxylic acids is 1. The fourth-order valence-corrected chi connectivity index (χ4v) is 4.15. The third-order valence-corrected chi connectivity index (χ3v) is 5.99. The Morgan fingerprint density at radius 3 is 2.34 bits per heavy atom. The number of anilines is 2. The van der Waals surface area contributed by atoms with Gasteiger partial charge in [-0.2, -0.15) is 4.37 Å². The lowest BCUT2D eigenvalue weighted by atomic mass is 10.1. The van der Waals surface area contributed by atoms with Crippen molar-refractivity contribution in [2.24, 2.45) is 0 Å². The predicted molar refractivity (Wildman–Crippen MR) is 121 cm³/mol. The molecule has 32 heavy (non-hydrogen) atoms. The molecule has 1 aliphatic rings. The van der Waals surface area contributed by atoms with Gasteiger partial charge in [-0.05, 0) is 17.7 Å². The molecule has 2 aromatic carbocycles. The molecule has 0 atom stereocenters. The number of amides is 2. The number of hydrogen-bond acceptors (Lipinski definition) is 7. The minimum atomic E-state index is -0.256. The molecule has 0 aliphatic carbocycles. The number of piperazine rings is 1. The average molecular weight is 458 g/mol. The topological polar surface area (TPSA) is 79.8 Å². The maximum absolute atomic E-state index is 13.1. The molecule has 0 radical (unpaired) electrons. The molecule has 1 fully saturated rings. The van der Waals surface area contributed by atoms with Gasteiger partial charge in [-0.25, -0.2) is 14.2 Å². The monoisotopic (exact) mass is 457 g/mol. The zero-order chi connectivity index (χ0) is 22.5. The van der Waals surface area contributed by atoms with Gasteiger partial charge in [0, 0.05) is 68.0 Å². The number of urea groups is 1. The zero-order valence-electron chi connectivity index (χ0n) is 17.9. The third-order valence-electron chi connectivity index (χ3n) is 5.17. The summed E-state index contributed by atoms with van der Waals surface area (Å²) in [5.41, 5.74) is 1.58. The SMILES string of the molecule is COc1cc(NC(=O)N2CCN(c3nc(Cc4ccc(F)cc4)ns3)CC2)cc(OC)c1. The van der Waals surface area contributed by atoms with Crippen LogP contribution in [0.15, 0.2) is 42.5 Å². The molecule has 0 saturated carbocycles. The van der Waals surface area contributed by atoms with Crippen LogP contribution in [0.5, 0.6) is 11.5 Å². The molecular weight excluding hydrogens is 433 g/mol. The van der Waals surface area contributed by atoms with E-state index in [-0.39, 0.29) is 11.8 Å². The van der Waals surface area contributed by atoms with Crippen molar-refractivity contribution >= 4 is 28.4 Å². The van der Waals surface area contributed by atoms with Crippen molar-refractivity contribution in [1.29, 1.82) is 0 Å². The number of halogens is 1. The lowest BCUT2D eigenvalue weighted by Gasteiger charge is -2.34. The number of rotatable bonds is 6. The van der Waals surface area contributed by atoms with Crippen LogP contribution in [0.2, 0.25) is 0 Å². The highest BCUT2D eigenvalue weighted by molar-refractivity contribution is 7.09. The molecule has 1 aromatic heterocycles. The second-order valence-electron chi connectivity index (χ2n) is 7.30. The Hall–Kier alpha value is -3.40. The van der Waals surface area contributed by atoms with Crippen molar-refractivity contribution in [2.45, 2.75) is 6.42 Å². The van der Waals surface area contributed by atoms with Gasteiger partial charge in [0.15, 0.2) is 0 Å². The van der Waals surface area contributed by atoms with Crippen molar-refractivity contribution in [3.63, 3.8) is 0 Å². The third kappa shape index (κ3) is 5.25. The van der Waals surface area contributed by atoms with Crippen LogP contribution in [0, 0.1) is 5.82 Å². The molecule has 1 N–H and O–H groups in total. The molecule has 168 valence electrons. The molecule has 3 aromatic rings. The van der Waals surface area contributed by atoms with Crippen LogP contribution in [0.4, 0.5) is 20.0 Å². The summed E-state index contributed by atoms with van der Waals surface area (Å²) >= 11 is 1.34. The van der Waals surface area contributed by atoms with Gasteiger partial charge in [0.2, 0.25) is 5.13 Å². The van der Waals surface area contributed by atoms with E-state index in [0.717, 1.165) is 10.7 Å². The summed E-state index contributed by atoms with van der Waals surface area (Å²) in [6, 6.07) is 11.4. The van der Waals surface area contributed by atoms with E-state index in [0.29, 0.717) is 55.6 Å². The van der Waals surface area contributed by atoms with Crippen molar-refractivity contribution in [1.82, 2.24) is 14.3 Å². The number of methoxy groups -OCH3 is 2. The summed E-state index contributed by atoms with van der Waals surface area (Å²) in [6.45, 7) is 2.47. The Kier molecular flexibility index (Phi) is 6.69. The molecule has 2 amide bonds. The summed E-state index contributed by atoms with van der Waals surface area (Å²) in [5, 5.41) is 3.74. The number of hydrogen-bond donors (Lipinski definition) is 1. The summed E-state index contributed by atoms with van der Waals surface area (Å²) in [7, 11) is 3.14. The first-order chi connectivity index (χ1) is 15.5. The van der Waals surface area contributed by atoms with Crippen LogP contribution < -0.4 is 19.7 Å². The van der Waals surface area contributed by atoms with E-state index in [1.807, 2.05) is 0 Å². The average Bonchev–Trinajstić information content (AvgIpc) is 3.28. The number of nitrogens with one attached hydrogen (secondary N) is 1. The normalized spacial score (nSPS) is 13.7. The fraction of sp³-hybridized carbons (Fsp3) is 0.318. The predicted octanol–water partition coefficient (Wildman–Crippen LogP) is 3.64. The van der Waals surface area contributed by atoms with Gasteiger partial charge in [-0.1, -0.05) is 12.1 Å². The highest BCUT2D eigenvalue weighted by atomic mass is 32.1. The first-order valence-electron chi connectivity index (χ1n) is 10.1. The number of carbonyl (C=O) groups is 1. The van der Waals surface area contributed by atoms with Crippen LogP contribution in [0.25, 0.3) is 0 Å². The Morgan fingerprint density at radius 1 is 1.06 bits per heavy atom. The minimum absolute atomic E-state index is 0.172.